The number of benzene rings is 2. The molecule has 0 atom stereocenters. The van der Waals surface area contributed by atoms with Crippen LogP contribution in [0.2, 0.25) is 0 Å². The molecule has 0 spiro atoms. The van der Waals surface area contributed by atoms with E-state index in [0.717, 1.165) is 21.4 Å². The Bertz CT molecular complexity index is 1150. The van der Waals surface area contributed by atoms with Crippen molar-refractivity contribution in [1.29, 1.82) is 0 Å². The Morgan fingerprint density at radius 1 is 0.962 bits per heavy atom. The molecular weight excluding hydrogens is 364 g/mol. The minimum Gasteiger partial charge on any atom is -0.264 e. The molecule has 0 amide bonds. The predicted octanol–water partition coefficient (Wildman–Crippen LogP) is 4.44. The summed E-state index contributed by atoms with van der Waals surface area (Å²) in [5.41, 5.74) is 1.81. The highest BCUT2D eigenvalue weighted by molar-refractivity contribution is 7.89. The fraction of sp³-hybridized carbons (Fsp3) is 0.0500. The van der Waals surface area contributed by atoms with Crippen LogP contribution in [0.25, 0.3) is 21.2 Å². The molecule has 2 aromatic heterocycles. The van der Waals surface area contributed by atoms with Crippen LogP contribution >= 0.6 is 11.3 Å². The average Bonchev–Trinajstić information content (AvgIpc) is 3.21. The molecule has 4 rings (SSSR count). The number of nitrogens with zero attached hydrogens (tertiary/aromatic N) is 1. The maximum atomic E-state index is 12.8. The lowest BCUT2D eigenvalue weighted by molar-refractivity contribution is 0.582. The molecule has 0 unspecified atom stereocenters. The Balaban J connectivity index is 1.60. The maximum absolute atomic E-state index is 12.8. The molecule has 1 N–H and O–H groups in total. The molecule has 0 bridgehead atoms. The van der Waals surface area contributed by atoms with E-state index in [9.17, 15) is 8.42 Å². The van der Waals surface area contributed by atoms with Gasteiger partial charge in [0, 0.05) is 34.8 Å². The largest absolute Gasteiger partial charge is 0.264 e. The minimum atomic E-state index is -3.63. The van der Waals surface area contributed by atoms with Gasteiger partial charge >= 0.3 is 0 Å². The van der Waals surface area contributed by atoms with E-state index in [1.807, 2.05) is 53.9 Å². The summed E-state index contributed by atoms with van der Waals surface area (Å²) in [6.45, 7) is 0.192. The predicted molar refractivity (Wildman–Crippen MR) is 106 cm³/mol. The highest BCUT2D eigenvalue weighted by atomic mass is 32.2. The second-order valence-corrected chi connectivity index (χ2v) is 8.54. The summed E-state index contributed by atoms with van der Waals surface area (Å²) < 4.78 is 28.3. The number of hydrogen-bond donors (Lipinski definition) is 1. The van der Waals surface area contributed by atoms with Gasteiger partial charge in [-0.3, -0.25) is 4.98 Å². The van der Waals surface area contributed by atoms with Crippen LogP contribution in [0.5, 0.6) is 0 Å². The summed E-state index contributed by atoms with van der Waals surface area (Å²) in [5, 5.41) is 3.62. The smallest absolute Gasteiger partial charge is 0.241 e. The third-order valence-corrected chi connectivity index (χ3v) is 6.48. The van der Waals surface area contributed by atoms with Gasteiger partial charge in [0.2, 0.25) is 10.0 Å². The zero-order valence-electron chi connectivity index (χ0n) is 13.8. The number of nitrogens with one attached hydrogen (secondary N) is 1. The van der Waals surface area contributed by atoms with Crippen LogP contribution in [0, 0.1) is 0 Å². The van der Waals surface area contributed by atoms with Crippen LogP contribution in [0.4, 0.5) is 0 Å². The summed E-state index contributed by atoms with van der Waals surface area (Å²) >= 11 is 1.63. The number of hydrogen-bond acceptors (Lipinski definition) is 4. The molecule has 0 aliphatic heterocycles. The van der Waals surface area contributed by atoms with E-state index in [4.69, 9.17) is 0 Å². The van der Waals surface area contributed by atoms with Crippen molar-refractivity contribution in [2.24, 2.45) is 0 Å². The second-order valence-electron chi connectivity index (χ2n) is 5.86. The van der Waals surface area contributed by atoms with E-state index in [-0.39, 0.29) is 11.4 Å². The van der Waals surface area contributed by atoms with Crippen LogP contribution in [0.1, 0.15) is 5.56 Å². The monoisotopic (exact) mass is 380 g/mol. The first-order valence-corrected chi connectivity index (χ1v) is 10.4. The van der Waals surface area contributed by atoms with Gasteiger partial charge in [-0.2, -0.15) is 0 Å². The van der Waals surface area contributed by atoms with Crippen LogP contribution in [-0.4, -0.2) is 13.4 Å². The van der Waals surface area contributed by atoms with Gasteiger partial charge < -0.3 is 0 Å². The van der Waals surface area contributed by atoms with Crippen molar-refractivity contribution in [3.63, 3.8) is 0 Å². The third-order valence-electron chi connectivity index (χ3n) is 4.11. The summed E-state index contributed by atoms with van der Waals surface area (Å²) in [5.74, 6) is 0. The number of thiophene rings is 1. The summed E-state index contributed by atoms with van der Waals surface area (Å²) in [6, 6.07) is 18.7. The van der Waals surface area contributed by atoms with Crippen LogP contribution < -0.4 is 4.72 Å². The zero-order chi connectivity index (χ0) is 18.0. The summed E-state index contributed by atoms with van der Waals surface area (Å²) in [6.07, 6.45) is 3.47. The van der Waals surface area contributed by atoms with Crippen molar-refractivity contribution in [1.82, 2.24) is 9.71 Å². The molecule has 0 radical (unpaired) electrons. The molecule has 0 fully saturated rings. The number of fused-ring (bicyclic) bond motifs is 1. The number of aromatic nitrogens is 1. The number of pyridine rings is 1. The highest BCUT2D eigenvalue weighted by Gasteiger charge is 2.17. The lowest BCUT2D eigenvalue weighted by Gasteiger charge is -2.10. The maximum Gasteiger partial charge on any atom is 0.241 e. The van der Waals surface area contributed by atoms with Crippen LogP contribution in [-0.2, 0) is 16.6 Å². The molecule has 4 aromatic rings. The number of rotatable bonds is 5. The molecular formula is C20H16N2O2S2. The van der Waals surface area contributed by atoms with E-state index < -0.39 is 10.0 Å². The van der Waals surface area contributed by atoms with E-state index >= 15 is 0 Å². The van der Waals surface area contributed by atoms with Crippen molar-refractivity contribution in [2.75, 3.05) is 0 Å². The van der Waals surface area contributed by atoms with Gasteiger partial charge in [-0.25, -0.2) is 13.1 Å². The molecule has 0 aliphatic rings. The summed E-state index contributed by atoms with van der Waals surface area (Å²) in [7, 11) is -3.63. The average molecular weight is 380 g/mol. The fourth-order valence-electron chi connectivity index (χ4n) is 2.85. The van der Waals surface area contributed by atoms with Gasteiger partial charge in [-0.15, -0.1) is 11.3 Å². The lowest BCUT2D eigenvalue weighted by Crippen LogP contribution is -2.23. The standard InChI is InChI=1S/C20H16N2O2S2/c23-26(24,20-9-3-6-16-5-1-2-7-18(16)20)22-13-15-11-17(14-21-12-15)19-8-4-10-25-19/h1-12,14,22H,13H2. The Morgan fingerprint density at radius 3 is 2.65 bits per heavy atom. The first-order valence-electron chi connectivity index (χ1n) is 8.09. The van der Waals surface area contributed by atoms with Gasteiger partial charge in [-0.1, -0.05) is 42.5 Å². The van der Waals surface area contributed by atoms with Crippen molar-refractivity contribution >= 4 is 32.1 Å². The van der Waals surface area contributed by atoms with Crippen molar-refractivity contribution in [3.05, 3.63) is 84.0 Å². The van der Waals surface area contributed by atoms with Gasteiger partial charge in [-0.05, 0) is 34.5 Å². The van der Waals surface area contributed by atoms with Gasteiger partial charge in [0.05, 0.1) is 4.90 Å². The molecule has 130 valence electrons. The Hall–Kier alpha value is -2.54. The highest BCUT2D eigenvalue weighted by Crippen LogP contribution is 2.25. The van der Waals surface area contributed by atoms with Crippen molar-refractivity contribution < 1.29 is 8.42 Å². The van der Waals surface area contributed by atoms with Gasteiger partial charge in [0.15, 0.2) is 0 Å². The first kappa shape index (κ1) is 16.9. The quantitative estimate of drug-likeness (QED) is 0.557. The van der Waals surface area contributed by atoms with Gasteiger partial charge in [0.1, 0.15) is 0 Å². The Morgan fingerprint density at radius 2 is 1.81 bits per heavy atom. The normalized spacial score (nSPS) is 11.7. The molecule has 6 heteroatoms. The third kappa shape index (κ3) is 3.39. The fourth-order valence-corrected chi connectivity index (χ4v) is 4.80. The minimum absolute atomic E-state index is 0.192. The second kappa shape index (κ2) is 6.99. The molecule has 2 heterocycles. The zero-order valence-corrected chi connectivity index (χ0v) is 15.4. The SMILES string of the molecule is O=S(=O)(NCc1cncc(-c2cccs2)c1)c1cccc2ccccc12. The molecule has 0 saturated carbocycles. The van der Waals surface area contributed by atoms with Crippen LogP contribution in [0.3, 0.4) is 0 Å². The van der Waals surface area contributed by atoms with E-state index in [1.54, 1.807) is 35.9 Å². The van der Waals surface area contributed by atoms with Crippen molar-refractivity contribution in [3.8, 4) is 10.4 Å². The molecule has 0 aliphatic carbocycles. The molecule has 26 heavy (non-hydrogen) atoms. The van der Waals surface area contributed by atoms with E-state index in [1.165, 1.54) is 0 Å². The van der Waals surface area contributed by atoms with Crippen molar-refractivity contribution in [2.45, 2.75) is 11.4 Å². The number of sulfonamides is 1. The van der Waals surface area contributed by atoms with E-state index in [2.05, 4.69) is 9.71 Å². The Kier molecular flexibility index (Phi) is 4.55. The van der Waals surface area contributed by atoms with Gasteiger partial charge in [0.25, 0.3) is 0 Å². The van der Waals surface area contributed by atoms with Crippen LogP contribution in [0.15, 0.2) is 83.3 Å². The molecule has 4 nitrogen and oxygen atoms in total. The topological polar surface area (TPSA) is 59.1 Å². The van der Waals surface area contributed by atoms with E-state index in [0.29, 0.717) is 5.39 Å². The first-order chi connectivity index (χ1) is 12.6. The lowest BCUT2D eigenvalue weighted by atomic mass is 10.1. The molecule has 2 aromatic carbocycles. The molecule has 0 saturated heterocycles. The Labute approximate surface area is 156 Å². The summed E-state index contributed by atoms with van der Waals surface area (Å²) in [4.78, 5) is 5.63.